The molecule has 1 N–H and O–H groups in total. The third-order valence-electron chi connectivity index (χ3n) is 4.85. The summed E-state index contributed by atoms with van der Waals surface area (Å²) >= 11 is 0. The van der Waals surface area contributed by atoms with Gasteiger partial charge in [0.05, 0.1) is 31.8 Å². The number of ether oxygens (including phenoxy) is 3. The Morgan fingerprint density at radius 2 is 1.67 bits per heavy atom. The second-order valence-corrected chi connectivity index (χ2v) is 6.76. The molecule has 0 aliphatic heterocycles. The fourth-order valence-corrected chi connectivity index (χ4v) is 3.71. The third kappa shape index (κ3) is 4.30. The highest BCUT2D eigenvalue weighted by molar-refractivity contribution is 6.02. The number of hydrogen-bond donors (Lipinski definition) is 1. The van der Waals surface area contributed by atoms with Crippen molar-refractivity contribution in [3.8, 4) is 5.75 Å². The van der Waals surface area contributed by atoms with Crippen molar-refractivity contribution >= 4 is 17.7 Å². The van der Waals surface area contributed by atoms with Crippen molar-refractivity contribution in [2.75, 3.05) is 20.3 Å². The number of hydrogen-bond acceptors (Lipinski definition) is 7. The molecule has 1 aromatic carbocycles. The van der Waals surface area contributed by atoms with Gasteiger partial charge in [-0.25, -0.2) is 0 Å². The average Bonchev–Trinajstić information content (AvgIpc) is 2.60. The van der Waals surface area contributed by atoms with Gasteiger partial charge in [0.2, 0.25) is 0 Å². The molecule has 1 saturated carbocycles. The van der Waals surface area contributed by atoms with Crippen LogP contribution in [0.4, 0.5) is 0 Å². The maximum atomic E-state index is 12.7. The molecule has 1 aromatic rings. The fourth-order valence-electron chi connectivity index (χ4n) is 3.71. The van der Waals surface area contributed by atoms with Gasteiger partial charge in [-0.2, -0.15) is 0 Å². The van der Waals surface area contributed by atoms with E-state index in [9.17, 15) is 19.5 Å². The van der Waals surface area contributed by atoms with Gasteiger partial charge in [-0.1, -0.05) is 12.1 Å². The Morgan fingerprint density at radius 3 is 2.19 bits per heavy atom. The molecular formula is C20H26O7. The van der Waals surface area contributed by atoms with Gasteiger partial charge < -0.3 is 19.3 Å². The van der Waals surface area contributed by atoms with Crippen LogP contribution < -0.4 is 4.74 Å². The first-order valence-electron chi connectivity index (χ1n) is 8.99. The standard InChI is InChI=1S/C20H26O7/c1-5-26-18(22)16-14(21)11-20(3,24)17(19(23)27-6-2)15(16)12-7-9-13(25-4)10-8-12/h7-10,15-17,24H,5-6,11H2,1-4H3/t15-,16-,17-,20+/m1/s1. The van der Waals surface area contributed by atoms with Crippen LogP contribution in [0.15, 0.2) is 24.3 Å². The van der Waals surface area contributed by atoms with E-state index in [1.165, 1.54) is 14.0 Å². The van der Waals surface area contributed by atoms with Crippen molar-refractivity contribution in [3.05, 3.63) is 29.8 Å². The number of methoxy groups -OCH3 is 1. The molecular weight excluding hydrogens is 352 g/mol. The topological polar surface area (TPSA) is 99.1 Å². The molecule has 2 rings (SSSR count). The summed E-state index contributed by atoms with van der Waals surface area (Å²) in [6, 6.07) is 6.70. The summed E-state index contributed by atoms with van der Waals surface area (Å²) in [5, 5.41) is 10.9. The van der Waals surface area contributed by atoms with Crippen LogP contribution in [-0.4, -0.2) is 48.8 Å². The van der Waals surface area contributed by atoms with Gasteiger partial charge in [-0.15, -0.1) is 0 Å². The first kappa shape index (κ1) is 20.9. The number of esters is 2. The normalized spacial score (nSPS) is 27.7. The van der Waals surface area contributed by atoms with Crippen LogP contribution in [0.25, 0.3) is 0 Å². The van der Waals surface area contributed by atoms with E-state index in [0.29, 0.717) is 11.3 Å². The molecule has 0 radical (unpaired) electrons. The van der Waals surface area contributed by atoms with E-state index in [2.05, 4.69) is 0 Å². The second-order valence-electron chi connectivity index (χ2n) is 6.76. The average molecular weight is 378 g/mol. The van der Waals surface area contributed by atoms with Gasteiger partial charge in [0.15, 0.2) is 5.78 Å². The molecule has 7 nitrogen and oxygen atoms in total. The lowest BCUT2D eigenvalue weighted by atomic mass is 9.61. The summed E-state index contributed by atoms with van der Waals surface area (Å²) in [4.78, 5) is 38.0. The number of benzene rings is 1. The number of rotatable bonds is 6. The van der Waals surface area contributed by atoms with E-state index in [-0.39, 0.29) is 19.6 Å². The monoisotopic (exact) mass is 378 g/mol. The van der Waals surface area contributed by atoms with Gasteiger partial charge in [0.25, 0.3) is 0 Å². The molecule has 7 heteroatoms. The minimum Gasteiger partial charge on any atom is -0.497 e. The number of ketones is 1. The Balaban J connectivity index is 2.59. The molecule has 1 fully saturated rings. The first-order chi connectivity index (χ1) is 12.8. The molecule has 0 unspecified atom stereocenters. The predicted molar refractivity (Wildman–Crippen MR) is 96.2 cm³/mol. The Morgan fingerprint density at radius 1 is 1.11 bits per heavy atom. The molecule has 27 heavy (non-hydrogen) atoms. The highest BCUT2D eigenvalue weighted by atomic mass is 16.5. The highest BCUT2D eigenvalue weighted by Crippen LogP contribution is 2.46. The van der Waals surface area contributed by atoms with E-state index in [4.69, 9.17) is 14.2 Å². The predicted octanol–water partition coefficient (Wildman–Crippen LogP) is 1.86. The van der Waals surface area contributed by atoms with Crippen molar-refractivity contribution in [2.45, 2.75) is 38.7 Å². The number of Topliss-reactive ketones (excluding diaryl/α,β-unsaturated/α-hetero) is 1. The Labute approximate surface area is 158 Å². The van der Waals surface area contributed by atoms with Crippen molar-refractivity contribution < 1.29 is 33.7 Å². The second kappa shape index (κ2) is 8.52. The molecule has 0 amide bonds. The van der Waals surface area contributed by atoms with Crippen LogP contribution in [-0.2, 0) is 23.9 Å². The number of carbonyl (C=O) groups is 3. The minimum absolute atomic E-state index is 0.110. The van der Waals surface area contributed by atoms with E-state index in [1.54, 1.807) is 38.1 Å². The lowest BCUT2D eigenvalue weighted by molar-refractivity contribution is -0.172. The lowest BCUT2D eigenvalue weighted by Crippen LogP contribution is -2.55. The highest BCUT2D eigenvalue weighted by Gasteiger charge is 2.57. The largest absolute Gasteiger partial charge is 0.497 e. The summed E-state index contributed by atoms with van der Waals surface area (Å²) in [6.45, 7) is 4.96. The van der Waals surface area contributed by atoms with E-state index in [0.717, 1.165) is 0 Å². The van der Waals surface area contributed by atoms with Gasteiger partial charge in [0.1, 0.15) is 11.7 Å². The van der Waals surface area contributed by atoms with E-state index in [1.807, 2.05) is 0 Å². The first-order valence-corrected chi connectivity index (χ1v) is 8.99. The molecule has 0 heterocycles. The molecule has 0 aromatic heterocycles. The van der Waals surface area contributed by atoms with E-state index >= 15 is 0 Å². The zero-order valence-electron chi connectivity index (χ0n) is 16.1. The van der Waals surface area contributed by atoms with Gasteiger partial charge >= 0.3 is 11.9 Å². The van der Waals surface area contributed by atoms with Crippen molar-refractivity contribution in [2.24, 2.45) is 11.8 Å². The maximum Gasteiger partial charge on any atom is 0.317 e. The fraction of sp³-hybridized carbons (Fsp3) is 0.550. The van der Waals surface area contributed by atoms with Crippen molar-refractivity contribution in [1.82, 2.24) is 0 Å². The Kier molecular flexibility index (Phi) is 6.59. The smallest absolute Gasteiger partial charge is 0.317 e. The van der Waals surface area contributed by atoms with Gasteiger partial charge in [0, 0.05) is 12.3 Å². The summed E-state index contributed by atoms with van der Waals surface area (Å²) in [5.41, 5.74) is -1.09. The van der Waals surface area contributed by atoms with Gasteiger partial charge in [-0.05, 0) is 38.5 Å². The molecule has 0 spiro atoms. The summed E-state index contributed by atoms with van der Waals surface area (Å²) in [6.07, 6.45) is -0.327. The van der Waals surface area contributed by atoms with Crippen LogP contribution in [0.5, 0.6) is 5.75 Å². The molecule has 1 aliphatic rings. The Hall–Kier alpha value is -2.41. The van der Waals surface area contributed by atoms with E-state index < -0.39 is 41.1 Å². The SMILES string of the molecule is CCOC(=O)[C@@H]1C(=O)C[C@](C)(O)[C@@H](C(=O)OCC)[C@@H]1c1ccc(OC)cc1. The molecule has 0 bridgehead atoms. The van der Waals surface area contributed by atoms with Crippen LogP contribution in [0.2, 0.25) is 0 Å². The van der Waals surface area contributed by atoms with Crippen molar-refractivity contribution in [3.63, 3.8) is 0 Å². The molecule has 0 saturated heterocycles. The molecule has 148 valence electrons. The Bertz CT molecular complexity index is 693. The summed E-state index contributed by atoms with van der Waals surface area (Å²) in [5.74, 6) is -4.39. The van der Waals surface area contributed by atoms with Crippen LogP contribution in [0, 0.1) is 11.8 Å². The number of aliphatic hydroxyl groups is 1. The van der Waals surface area contributed by atoms with Crippen LogP contribution in [0.3, 0.4) is 0 Å². The molecule has 4 atom stereocenters. The van der Waals surface area contributed by atoms with Crippen LogP contribution >= 0.6 is 0 Å². The minimum atomic E-state index is -1.64. The van der Waals surface area contributed by atoms with Gasteiger partial charge in [-0.3, -0.25) is 14.4 Å². The number of carbonyl (C=O) groups excluding carboxylic acids is 3. The lowest BCUT2D eigenvalue weighted by Gasteiger charge is -2.43. The zero-order valence-corrected chi connectivity index (χ0v) is 16.1. The summed E-state index contributed by atoms with van der Waals surface area (Å²) in [7, 11) is 1.52. The third-order valence-corrected chi connectivity index (χ3v) is 4.85. The van der Waals surface area contributed by atoms with Crippen LogP contribution in [0.1, 0.15) is 38.7 Å². The quantitative estimate of drug-likeness (QED) is 0.596. The van der Waals surface area contributed by atoms with Crippen molar-refractivity contribution in [1.29, 1.82) is 0 Å². The maximum absolute atomic E-state index is 12.7. The molecule has 1 aliphatic carbocycles. The summed E-state index contributed by atoms with van der Waals surface area (Å²) < 4.78 is 15.4. The zero-order chi connectivity index (χ0) is 20.2.